The highest BCUT2D eigenvalue weighted by Crippen LogP contribution is 2.30. The fraction of sp³-hybridized carbons (Fsp3) is 0.0556. The standard InChI is InChI=1S/C18H17ClN6O2/c1-27-14-5-3-2-4-13(14)23-16-15(20)17(22-10-21-16)24-25-18(26)11-6-8-12(19)9-7-11/h2-10H,20H2,1H3,(H,25,26)(H2,21,22,23,24). The first-order valence-electron chi connectivity index (χ1n) is 7.91. The summed E-state index contributed by atoms with van der Waals surface area (Å²) in [5, 5.41) is 3.64. The van der Waals surface area contributed by atoms with E-state index in [1.807, 2.05) is 24.3 Å². The predicted molar refractivity (Wildman–Crippen MR) is 105 cm³/mol. The number of nitrogen functional groups attached to an aromatic ring is 1. The van der Waals surface area contributed by atoms with Gasteiger partial charge in [-0.2, -0.15) is 0 Å². The number of halogens is 1. The van der Waals surface area contributed by atoms with Gasteiger partial charge in [0.1, 0.15) is 17.8 Å². The lowest BCUT2D eigenvalue weighted by atomic mass is 10.2. The Morgan fingerprint density at radius 2 is 1.78 bits per heavy atom. The van der Waals surface area contributed by atoms with E-state index in [0.717, 1.165) is 0 Å². The summed E-state index contributed by atoms with van der Waals surface area (Å²) < 4.78 is 5.30. The molecule has 1 amide bonds. The van der Waals surface area contributed by atoms with Crippen molar-refractivity contribution in [1.82, 2.24) is 15.4 Å². The number of para-hydroxylation sites is 2. The number of nitrogens with two attached hydrogens (primary N) is 1. The maximum absolute atomic E-state index is 12.2. The maximum atomic E-state index is 12.2. The van der Waals surface area contributed by atoms with Crippen molar-refractivity contribution in [2.45, 2.75) is 0 Å². The minimum atomic E-state index is -0.357. The molecule has 0 spiro atoms. The first-order chi connectivity index (χ1) is 13.1. The quantitative estimate of drug-likeness (QED) is 0.482. The number of rotatable bonds is 6. The molecule has 1 aromatic heterocycles. The van der Waals surface area contributed by atoms with Crippen LogP contribution >= 0.6 is 11.6 Å². The van der Waals surface area contributed by atoms with Crippen molar-refractivity contribution in [2.75, 3.05) is 23.6 Å². The average Bonchev–Trinajstić information content (AvgIpc) is 2.69. The molecule has 0 fully saturated rings. The fourth-order valence-electron chi connectivity index (χ4n) is 2.26. The monoisotopic (exact) mass is 384 g/mol. The lowest BCUT2D eigenvalue weighted by Crippen LogP contribution is -2.30. The number of carbonyl (C=O) groups is 1. The van der Waals surface area contributed by atoms with Gasteiger partial charge in [-0.25, -0.2) is 9.97 Å². The minimum absolute atomic E-state index is 0.236. The summed E-state index contributed by atoms with van der Waals surface area (Å²) in [5.74, 6) is 0.910. The molecular weight excluding hydrogens is 368 g/mol. The number of anilines is 4. The van der Waals surface area contributed by atoms with Crippen molar-refractivity contribution in [2.24, 2.45) is 0 Å². The van der Waals surface area contributed by atoms with Crippen LogP contribution in [0.15, 0.2) is 54.9 Å². The number of benzene rings is 2. The van der Waals surface area contributed by atoms with Crippen molar-refractivity contribution in [1.29, 1.82) is 0 Å². The van der Waals surface area contributed by atoms with Crippen LogP contribution in [0.4, 0.5) is 23.0 Å². The second-order valence-electron chi connectivity index (χ2n) is 5.40. The number of ether oxygens (including phenoxy) is 1. The molecule has 0 bridgehead atoms. The third-order valence-corrected chi connectivity index (χ3v) is 3.90. The Morgan fingerprint density at radius 3 is 2.52 bits per heavy atom. The number of nitrogens with zero attached hydrogens (tertiary/aromatic N) is 2. The molecule has 0 unspecified atom stereocenters. The highest BCUT2D eigenvalue weighted by atomic mass is 35.5. The van der Waals surface area contributed by atoms with Crippen LogP contribution in [0, 0.1) is 0 Å². The first-order valence-corrected chi connectivity index (χ1v) is 8.28. The van der Waals surface area contributed by atoms with Crippen LogP contribution in [0.3, 0.4) is 0 Å². The number of carbonyl (C=O) groups excluding carboxylic acids is 1. The molecule has 0 saturated heterocycles. The zero-order valence-corrected chi connectivity index (χ0v) is 15.1. The zero-order chi connectivity index (χ0) is 19.2. The summed E-state index contributed by atoms with van der Waals surface area (Å²) in [6, 6.07) is 13.8. The Morgan fingerprint density at radius 1 is 1.07 bits per heavy atom. The highest BCUT2D eigenvalue weighted by Gasteiger charge is 2.12. The summed E-state index contributed by atoms with van der Waals surface area (Å²) in [6.45, 7) is 0. The molecule has 9 heteroatoms. The third-order valence-electron chi connectivity index (χ3n) is 3.64. The molecule has 0 radical (unpaired) electrons. The van der Waals surface area contributed by atoms with Gasteiger partial charge < -0.3 is 15.8 Å². The van der Waals surface area contributed by atoms with E-state index in [0.29, 0.717) is 27.8 Å². The summed E-state index contributed by atoms with van der Waals surface area (Å²) in [4.78, 5) is 20.4. The van der Waals surface area contributed by atoms with Crippen LogP contribution in [-0.2, 0) is 0 Å². The summed E-state index contributed by atoms with van der Waals surface area (Å²) in [6.07, 6.45) is 1.32. The van der Waals surface area contributed by atoms with Crippen molar-refractivity contribution >= 4 is 40.5 Å². The van der Waals surface area contributed by atoms with Gasteiger partial charge in [0, 0.05) is 10.6 Å². The molecule has 0 atom stereocenters. The van der Waals surface area contributed by atoms with Crippen LogP contribution in [0.1, 0.15) is 10.4 Å². The third kappa shape index (κ3) is 4.36. The Labute approximate surface area is 160 Å². The van der Waals surface area contributed by atoms with Gasteiger partial charge in [-0.1, -0.05) is 23.7 Å². The Balaban J connectivity index is 1.73. The van der Waals surface area contributed by atoms with E-state index in [-0.39, 0.29) is 17.4 Å². The van der Waals surface area contributed by atoms with E-state index in [1.165, 1.54) is 6.33 Å². The number of aromatic nitrogens is 2. The smallest absolute Gasteiger partial charge is 0.269 e. The summed E-state index contributed by atoms with van der Waals surface area (Å²) >= 11 is 5.82. The largest absolute Gasteiger partial charge is 0.495 e. The topological polar surface area (TPSA) is 114 Å². The number of hydrogen-bond acceptors (Lipinski definition) is 7. The van der Waals surface area contributed by atoms with Crippen LogP contribution in [0.2, 0.25) is 5.02 Å². The first kappa shape index (κ1) is 18.3. The lowest BCUT2D eigenvalue weighted by molar-refractivity contribution is 0.0962. The Hall–Kier alpha value is -3.52. The van der Waals surface area contributed by atoms with Crippen molar-refractivity contribution < 1.29 is 9.53 Å². The molecule has 3 rings (SSSR count). The Bertz CT molecular complexity index is 949. The van der Waals surface area contributed by atoms with Gasteiger partial charge >= 0.3 is 0 Å². The van der Waals surface area contributed by atoms with Gasteiger partial charge in [-0.3, -0.25) is 15.6 Å². The number of hydrogen-bond donors (Lipinski definition) is 4. The molecule has 1 heterocycles. The van der Waals surface area contributed by atoms with Crippen molar-refractivity contribution in [3.8, 4) is 5.75 Å². The van der Waals surface area contributed by atoms with E-state index in [1.54, 1.807) is 31.4 Å². The summed E-state index contributed by atoms with van der Waals surface area (Å²) in [5.41, 5.74) is 12.7. The van der Waals surface area contributed by atoms with Gasteiger partial charge in [0.25, 0.3) is 5.91 Å². The molecule has 3 aromatic rings. The van der Waals surface area contributed by atoms with Crippen LogP contribution < -0.4 is 26.6 Å². The molecule has 8 nitrogen and oxygen atoms in total. The molecule has 0 aliphatic rings. The van der Waals surface area contributed by atoms with Gasteiger partial charge in [-0.05, 0) is 36.4 Å². The number of methoxy groups -OCH3 is 1. The van der Waals surface area contributed by atoms with E-state index < -0.39 is 0 Å². The molecule has 5 N–H and O–H groups in total. The van der Waals surface area contributed by atoms with Crippen LogP contribution in [0.25, 0.3) is 0 Å². The van der Waals surface area contributed by atoms with Crippen LogP contribution in [0.5, 0.6) is 5.75 Å². The van der Waals surface area contributed by atoms with Gasteiger partial charge in [0.2, 0.25) is 0 Å². The predicted octanol–water partition coefficient (Wildman–Crippen LogP) is 3.22. The molecule has 0 saturated carbocycles. The summed E-state index contributed by atoms with van der Waals surface area (Å²) in [7, 11) is 1.57. The second-order valence-corrected chi connectivity index (χ2v) is 5.83. The molecule has 138 valence electrons. The zero-order valence-electron chi connectivity index (χ0n) is 14.4. The normalized spacial score (nSPS) is 10.1. The lowest BCUT2D eigenvalue weighted by Gasteiger charge is -2.14. The number of amides is 1. The van der Waals surface area contributed by atoms with E-state index in [2.05, 4.69) is 26.1 Å². The van der Waals surface area contributed by atoms with Crippen LogP contribution in [-0.4, -0.2) is 23.0 Å². The van der Waals surface area contributed by atoms with E-state index in [9.17, 15) is 4.79 Å². The maximum Gasteiger partial charge on any atom is 0.269 e. The molecule has 27 heavy (non-hydrogen) atoms. The molecular formula is C18H17ClN6O2. The SMILES string of the molecule is COc1ccccc1Nc1ncnc(NNC(=O)c2ccc(Cl)cc2)c1N. The fourth-order valence-corrected chi connectivity index (χ4v) is 2.39. The van der Waals surface area contributed by atoms with Crippen molar-refractivity contribution in [3.63, 3.8) is 0 Å². The second kappa shape index (κ2) is 8.24. The van der Waals surface area contributed by atoms with E-state index in [4.69, 9.17) is 22.1 Å². The number of hydrazine groups is 1. The van der Waals surface area contributed by atoms with Gasteiger partial charge in [-0.15, -0.1) is 0 Å². The van der Waals surface area contributed by atoms with E-state index >= 15 is 0 Å². The molecule has 0 aliphatic heterocycles. The Kier molecular flexibility index (Phi) is 5.58. The highest BCUT2D eigenvalue weighted by molar-refractivity contribution is 6.30. The molecule has 2 aromatic carbocycles. The average molecular weight is 385 g/mol. The van der Waals surface area contributed by atoms with Crippen molar-refractivity contribution in [3.05, 3.63) is 65.4 Å². The number of nitrogens with one attached hydrogen (secondary N) is 3. The minimum Gasteiger partial charge on any atom is -0.495 e. The van der Waals surface area contributed by atoms with Gasteiger partial charge in [0.05, 0.1) is 12.8 Å². The van der Waals surface area contributed by atoms with Gasteiger partial charge in [0.15, 0.2) is 11.6 Å². The molecule has 0 aliphatic carbocycles.